The van der Waals surface area contributed by atoms with Gasteiger partial charge in [0.2, 0.25) is 0 Å². The van der Waals surface area contributed by atoms with Gasteiger partial charge >= 0.3 is 29.6 Å². The molecule has 0 radical (unpaired) electrons. The normalized spacial score (nSPS) is 11.8. The fraction of sp³-hybridized carbons (Fsp3) is 0.800. The summed E-state index contributed by atoms with van der Waals surface area (Å²) >= 11 is 0. The Hall–Kier alpha value is 0.430. The van der Waals surface area contributed by atoms with Crippen LogP contribution in [0.3, 0.4) is 0 Å². The number of aliphatic hydroxyl groups excluding tert-OH is 1. The van der Waals surface area contributed by atoms with Gasteiger partial charge in [-0.25, -0.2) is 0 Å². The molecular weight excluding hydrogens is 131 g/mol. The van der Waals surface area contributed by atoms with E-state index in [0.29, 0.717) is 0 Å². The van der Waals surface area contributed by atoms with Gasteiger partial charge in [0.15, 0.2) is 0 Å². The van der Waals surface area contributed by atoms with E-state index in [1.165, 1.54) is 0 Å². The summed E-state index contributed by atoms with van der Waals surface area (Å²) in [4.78, 5) is 9.68. The molecule has 0 saturated carbocycles. The van der Waals surface area contributed by atoms with Crippen LogP contribution in [0, 0.1) is 0 Å². The molecule has 0 aromatic carbocycles. The molecule has 1 N–H and O–H groups in total. The smallest absolute Gasteiger partial charge is 0.550 e. The summed E-state index contributed by atoms with van der Waals surface area (Å²) in [6.07, 6.45) is -0.312. The van der Waals surface area contributed by atoms with Gasteiger partial charge in [-0.2, -0.15) is 0 Å². The number of carbonyl (C=O) groups is 1. The molecule has 0 aliphatic carbocycles. The molecule has 1 atom stereocenters. The van der Waals surface area contributed by atoms with E-state index in [9.17, 15) is 9.90 Å². The Morgan fingerprint density at radius 3 is 2.33 bits per heavy atom. The summed E-state index contributed by atoms with van der Waals surface area (Å²) in [6, 6.07) is 0. The molecule has 0 saturated heterocycles. The molecule has 0 amide bonds. The van der Waals surface area contributed by atoms with Gasteiger partial charge in [-0.3, -0.25) is 0 Å². The third-order valence-corrected chi connectivity index (χ3v) is 0.766. The van der Waals surface area contributed by atoms with Crippen molar-refractivity contribution >= 4 is 5.97 Å². The first-order valence-corrected chi connectivity index (χ1v) is 2.51. The molecule has 0 rings (SSSR count). The number of carbonyl (C=O) groups excluding carboxylic acids is 1. The van der Waals surface area contributed by atoms with E-state index in [4.69, 9.17) is 5.11 Å². The molecule has 0 fully saturated rings. The Bertz CT molecular complexity index is 82.3. The molecular formula is C5H9NaO3. The summed E-state index contributed by atoms with van der Waals surface area (Å²) < 4.78 is 0. The third-order valence-electron chi connectivity index (χ3n) is 0.766. The van der Waals surface area contributed by atoms with Crippen molar-refractivity contribution in [3.05, 3.63) is 0 Å². The molecule has 0 bridgehead atoms. The molecule has 0 heterocycles. The minimum absolute atomic E-state index is 0. The van der Waals surface area contributed by atoms with Crippen molar-refractivity contribution in [1.29, 1.82) is 0 Å². The van der Waals surface area contributed by atoms with E-state index in [2.05, 4.69) is 0 Å². The van der Waals surface area contributed by atoms with Crippen molar-refractivity contribution in [3.63, 3.8) is 0 Å². The van der Waals surface area contributed by atoms with Crippen LogP contribution in [0.5, 0.6) is 0 Å². The number of carboxylic acids is 1. The van der Waals surface area contributed by atoms with Crippen molar-refractivity contribution in [2.45, 2.75) is 25.9 Å². The molecule has 3 nitrogen and oxygen atoms in total. The Morgan fingerprint density at radius 2 is 2.22 bits per heavy atom. The Balaban J connectivity index is 0. The molecule has 48 valence electrons. The Labute approximate surface area is 76.4 Å². The summed E-state index contributed by atoms with van der Waals surface area (Å²) in [5.74, 6) is -1.11. The Morgan fingerprint density at radius 1 is 1.78 bits per heavy atom. The van der Waals surface area contributed by atoms with Crippen molar-refractivity contribution < 1.29 is 44.6 Å². The standard InChI is InChI=1S/C5H10O3.Na/c1-4(6)2-3-5(7)8;/h4,6H,2-3H2,1H3,(H,7,8);/q;+1/p-1. The van der Waals surface area contributed by atoms with Crippen molar-refractivity contribution in [3.8, 4) is 0 Å². The van der Waals surface area contributed by atoms with Gasteiger partial charge in [0.1, 0.15) is 0 Å². The summed E-state index contributed by atoms with van der Waals surface area (Å²) in [5.41, 5.74) is 0. The number of rotatable bonds is 3. The van der Waals surface area contributed by atoms with Crippen LogP contribution >= 0.6 is 0 Å². The summed E-state index contributed by atoms with van der Waals surface area (Å²) in [6.45, 7) is 1.54. The first-order chi connectivity index (χ1) is 3.63. The molecule has 0 aliphatic rings. The zero-order chi connectivity index (χ0) is 6.57. The average molecular weight is 140 g/mol. The van der Waals surface area contributed by atoms with Crippen LogP contribution in [-0.2, 0) is 4.79 Å². The van der Waals surface area contributed by atoms with E-state index in [0.717, 1.165) is 0 Å². The quantitative estimate of drug-likeness (QED) is 0.405. The topological polar surface area (TPSA) is 60.4 Å². The van der Waals surface area contributed by atoms with Crippen molar-refractivity contribution in [2.75, 3.05) is 0 Å². The van der Waals surface area contributed by atoms with Crippen LogP contribution < -0.4 is 34.7 Å². The van der Waals surface area contributed by atoms with Gasteiger partial charge < -0.3 is 15.0 Å². The van der Waals surface area contributed by atoms with Crippen LogP contribution in [0.2, 0.25) is 0 Å². The van der Waals surface area contributed by atoms with Crippen LogP contribution in [0.15, 0.2) is 0 Å². The van der Waals surface area contributed by atoms with E-state index < -0.39 is 12.1 Å². The molecule has 9 heavy (non-hydrogen) atoms. The maximum Gasteiger partial charge on any atom is 1.00 e. The maximum absolute atomic E-state index is 9.68. The minimum atomic E-state index is -1.11. The predicted molar refractivity (Wildman–Crippen MR) is 25.9 cm³/mol. The van der Waals surface area contributed by atoms with E-state index in [-0.39, 0.29) is 42.4 Å². The summed E-state index contributed by atoms with van der Waals surface area (Å²) in [5, 5.41) is 18.2. The minimum Gasteiger partial charge on any atom is -0.550 e. The van der Waals surface area contributed by atoms with Crippen LogP contribution in [-0.4, -0.2) is 17.2 Å². The van der Waals surface area contributed by atoms with Crippen LogP contribution in [0.25, 0.3) is 0 Å². The number of hydrogen-bond acceptors (Lipinski definition) is 3. The number of aliphatic carboxylic acids is 1. The monoisotopic (exact) mass is 140 g/mol. The summed E-state index contributed by atoms with van der Waals surface area (Å²) in [7, 11) is 0. The van der Waals surface area contributed by atoms with Gasteiger partial charge in [-0.05, 0) is 19.8 Å². The maximum atomic E-state index is 9.68. The van der Waals surface area contributed by atoms with Crippen LogP contribution in [0.4, 0.5) is 0 Å². The van der Waals surface area contributed by atoms with E-state index in [1.807, 2.05) is 0 Å². The second kappa shape index (κ2) is 6.55. The van der Waals surface area contributed by atoms with Gasteiger partial charge in [0, 0.05) is 5.97 Å². The molecule has 0 aromatic heterocycles. The Kier molecular flexibility index (Phi) is 8.83. The van der Waals surface area contributed by atoms with Crippen molar-refractivity contribution in [1.82, 2.24) is 0 Å². The zero-order valence-corrected chi connectivity index (χ0v) is 7.76. The number of carboxylic acid groups (broad SMARTS) is 1. The number of aliphatic hydroxyl groups is 1. The third kappa shape index (κ3) is 11.8. The first-order valence-electron chi connectivity index (χ1n) is 2.51. The molecule has 1 unspecified atom stereocenters. The van der Waals surface area contributed by atoms with E-state index >= 15 is 0 Å². The van der Waals surface area contributed by atoms with Gasteiger partial charge in [0.05, 0.1) is 6.10 Å². The molecule has 0 aromatic rings. The molecule has 4 heteroatoms. The zero-order valence-electron chi connectivity index (χ0n) is 5.76. The fourth-order valence-electron chi connectivity index (χ4n) is 0.327. The second-order valence-electron chi connectivity index (χ2n) is 1.76. The average Bonchev–Trinajstić information content (AvgIpc) is 1.61. The largest absolute Gasteiger partial charge is 1.00 e. The van der Waals surface area contributed by atoms with Gasteiger partial charge in [-0.15, -0.1) is 0 Å². The second-order valence-corrected chi connectivity index (χ2v) is 1.76. The van der Waals surface area contributed by atoms with Gasteiger partial charge in [0.25, 0.3) is 0 Å². The molecule has 0 spiro atoms. The fourth-order valence-corrected chi connectivity index (χ4v) is 0.327. The van der Waals surface area contributed by atoms with Crippen molar-refractivity contribution in [2.24, 2.45) is 0 Å². The van der Waals surface area contributed by atoms with E-state index in [1.54, 1.807) is 6.92 Å². The molecule has 0 aliphatic heterocycles. The predicted octanol–water partition coefficient (Wildman–Crippen LogP) is -4.10. The van der Waals surface area contributed by atoms with Crippen LogP contribution in [0.1, 0.15) is 19.8 Å². The number of hydrogen-bond donors (Lipinski definition) is 1. The van der Waals surface area contributed by atoms with Gasteiger partial charge in [-0.1, -0.05) is 0 Å². The SMILES string of the molecule is CC(O)CCC(=O)[O-].[Na+]. The first kappa shape index (κ1) is 12.1.